The lowest BCUT2D eigenvalue weighted by molar-refractivity contribution is 0.122. The third-order valence-corrected chi connectivity index (χ3v) is 3.09. The Morgan fingerprint density at radius 2 is 1.72 bits per heavy atom. The van der Waals surface area contributed by atoms with Crippen molar-refractivity contribution in [3.05, 3.63) is 40.0 Å². The van der Waals surface area contributed by atoms with Crippen molar-refractivity contribution < 1.29 is 17.6 Å². The van der Waals surface area contributed by atoms with Crippen molar-refractivity contribution in [2.75, 3.05) is 0 Å². The van der Waals surface area contributed by atoms with E-state index in [1.807, 2.05) is 5.10 Å². The Kier molecular flexibility index (Phi) is 3.70. The topological polar surface area (TPSA) is 28.7 Å². The molecule has 1 aromatic heterocycles. The Hall–Kier alpha value is -1.37. The molecule has 18 heavy (non-hydrogen) atoms. The van der Waals surface area contributed by atoms with E-state index in [4.69, 9.17) is 0 Å². The number of rotatable bonds is 3. The van der Waals surface area contributed by atoms with Crippen LogP contribution in [-0.2, 0) is 0 Å². The van der Waals surface area contributed by atoms with Crippen LogP contribution in [0.3, 0.4) is 0 Å². The third-order valence-electron chi connectivity index (χ3n) is 2.40. The van der Waals surface area contributed by atoms with Crippen molar-refractivity contribution in [3.63, 3.8) is 0 Å². The predicted octanol–water partition coefficient (Wildman–Crippen LogP) is 4.71. The Morgan fingerprint density at radius 1 is 1.06 bits per heavy atom. The molecule has 0 fully saturated rings. The molecular weight excluding hydrogens is 316 g/mol. The van der Waals surface area contributed by atoms with Crippen molar-refractivity contribution in [2.24, 2.45) is 0 Å². The summed E-state index contributed by atoms with van der Waals surface area (Å²) in [5.41, 5.74) is -1.41. The molecule has 0 spiro atoms. The highest BCUT2D eigenvalue weighted by Crippen LogP contribution is 2.38. The highest BCUT2D eigenvalue weighted by molar-refractivity contribution is 9.10. The van der Waals surface area contributed by atoms with Crippen LogP contribution < -0.4 is 0 Å². The zero-order chi connectivity index (χ0) is 13.3. The van der Waals surface area contributed by atoms with Gasteiger partial charge in [-0.1, -0.05) is 34.1 Å². The van der Waals surface area contributed by atoms with Gasteiger partial charge in [-0.25, -0.2) is 17.6 Å². The highest BCUT2D eigenvalue weighted by atomic mass is 79.9. The summed E-state index contributed by atoms with van der Waals surface area (Å²) in [6.07, 6.45) is -6.03. The summed E-state index contributed by atoms with van der Waals surface area (Å²) >= 11 is 3.18. The van der Waals surface area contributed by atoms with Crippen molar-refractivity contribution >= 4 is 15.9 Å². The zero-order valence-corrected chi connectivity index (χ0v) is 10.4. The number of hydrogen-bond acceptors (Lipinski definition) is 1. The second kappa shape index (κ2) is 5.09. The quantitative estimate of drug-likeness (QED) is 0.814. The van der Waals surface area contributed by atoms with E-state index in [2.05, 4.69) is 21.0 Å². The normalized spacial score (nSPS) is 11.5. The fraction of sp³-hybridized carbons (Fsp3) is 0.182. The van der Waals surface area contributed by atoms with Gasteiger partial charge in [0.05, 0.1) is 5.56 Å². The standard InChI is InChI=1S/C11H7BrF4N2/c12-6-4-2-1-3-5(6)8-7(10(13)14)9(11(15)16)18-17-8/h1-4,10-11H,(H,17,18). The molecular formula is C11H7BrF4N2. The van der Waals surface area contributed by atoms with Gasteiger partial charge < -0.3 is 0 Å². The van der Waals surface area contributed by atoms with E-state index < -0.39 is 24.1 Å². The summed E-state index contributed by atoms with van der Waals surface area (Å²) in [6.45, 7) is 0. The van der Waals surface area contributed by atoms with Crippen LogP contribution in [0, 0.1) is 0 Å². The Balaban J connectivity index is 2.62. The number of nitrogens with zero attached hydrogens (tertiary/aromatic N) is 1. The first-order valence-electron chi connectivity index (χ1n) is 4.91. The Morgan fingerprint density at radius 3 is 2.28 bits per heavy atom. The van der Waals surface area contributed by atoms with Crippen LogP contribution in [0.15, 0.2) is 28.7 Å². The number of aromatic amines is 1. The van der Waals surface area contributed by atoms with Crippen LogP contribution in [0.1, 0.15) is 24.1 Å². The maximum absolute atomic E-state index is 12.9. The van der Waals surface area contributed by atoms with Gasteiger partial charge in [0.15, 0.2) is 0 Å². The first-order chi connectivity index (χ1) is 8.52. The fourth-order valence-corrected chi connectivity index (χ4v) is 2.08. The van der Waals surface area contributed by atoms with Crippen molar-refractivity contribution in [3.8, 4) is 11.3 Å². The Labute approximate surface area is 108 Å². The molecule has 0 aliphatic carbocycles. The van der Waals surface area contributed by atoms with E-state index in [0.717, 1.165) is 0 Å². The number of alkyl halides is 4. The van der Waals surface area contributed by atoms with Crippen LogP contribution in [0.4, 0.5) is 17.6 Å². The molecule has 0 amide bonds. The first-order valence-corrected chi connectivity index (χ1v) is 5.71. The van der Waals surface area contributed by atoms with Gasteiger partial charge in [-0.05, 0) is 6.07 Å². The highest BCUT2D eigenvalue weighted by Gasteiger charge is 2.28. The number of aromatic nitrogens is 2. The second-order valence-corrected chi connectivity index (χ2v) is 4.34. The lowest BCUT2D eigenvalue weighted by Gasteiger charge is -2.05. The van der Waals surface area contributed by atoms with E-state index >= 15 is 0 Å². The maximum atomic E-state index is 12.9. The number of nitrogens with one attached hydrogen (secondary N) is 1. The van der Waals surface area contributed by atoms with Crippen LogP contribution in [0.25, 0.3) is 11.3 Å². The monoisotopic (exact) mass is 322 g/mol. The van der Waals surface area contributed by atoms with E-state index in [-0.39, 0.29) is 5.69 Å². The first kappa shape index (κ1) is 13.1. The molecule has 2 rings (SSSR count). The fourth-order valence-electron chi connectivity index (χ4n) is 1.61. The molecule has 2 aromatic rings. The summed E-state index contributed by atoms with van der Waals surface area (Å²) in [7, 11) is 0. The van der Waals surface area contributed by atoms with Crippen LogP contribution in [0.5, 0.6) is 0 Å². The summed E-state index contributed by atoms with van der Waals surface area (Å²) < 4.78 is 51.5. The minimum absolute atomic E-state index is 0.159. The second-order valence-electron chi connectivity index (χ2n) is 3.48. The molecule has 96 valence electrons. The maximum Gasteiger partial charge on any atom is 0.280 e. The zero-order valence-electron chi connectivity index (χ0n) is 8.80. The molecule has 0 aliphatic heterocycles. The lowest BCUT2D eigenvalue weighted by atomic mass is 10.1. The molecule has 0 aliphatic rings. The van der Waals surface area contributed by atoms with Crippen molar-refractivity contribution in [1.29, 1.82) is 0 Å². The summed E-state index contributed by atoms with van der Waals surface area (Å²) in [5, 5.41) is 5.55. The minimum atomic E-state index is -3.02. The van der Waals surface area contributed by atoms with Crippen LogP contribution >= 0.6 is 15.9 Å². The van der Waals surface area contributed by atoms with Gasteiger partial charge >= 0.3 is 0 Å². The van der Waals surface area contributed by atoms with Gasteiger partial charge in [0.1, 0.15) is 11.4 Å². The van der Waals surface area contributed by atoms with Gasteiger partial charge in [0.25, 0.3) is 12.9 Å². The van der Waals surface area contributed by atoms with Gasteiger partial charge in [-0.2, -0.15) is 5.10 Å². The molecule has 1 N–H and O–H groups in total. The third kappa shape index (κ3) is 2.27. The predicted molar refractivity (Wildman–Crippen MR) is 61.6 cm³/mol. The molecule has 0 saturated heterocycles. The number of benzene rings is 1. The number of hydrogen-bond donors (Lipinski definition) is 1. The average molecular weight is 323 g/mol. The van der Waals surface area contributed by atoms with E-state index in [0.29, 0.717) is 10.0 Å². The minimum Gasteiger partial charge on any atom is -0.276 e. The molecule has 1 heterocycles. The van der Waals surface area contributed by atoms with Crippen molar-refractivity contribution in [1.82, 2.24) is 10.2 Å². The van der Waals surface area contributed by atoms with Gasteiger partial charge in [0, 0.05) is 10.0 Å². The molecule has 0 radical (unpaired) electrons. The SMILES string of the molecule is FC(F)c1[nH]nc(-c2ccccc2Br)c1C(F)F. The Bertz CT molecular complexity index is 554. The number of H-pyrrole nitrogens is 1. The van der Waals surface area contributed by atoms with E-state index in [9.17, 15) is 17.6 Å². The van der Waals surface area contributed by atoms with Gasteiger partial charge in [0.2, 0.25) is 0 Å². The van der Waals surface area contributed by atoms with E-state index in [1.54, 1.807) is 18.2 Å². The summed E-state index contributed by atoms with van der Waals surface area (Å²) in [5.74, 6) is 0. The summed E-state index contributed by atoms with van der Waals surface area (Å²) in [4.78, 5) is 0. The molecule has 7 heteroatoms. The smallest absolute Gasteiger partial charge is 0.276 e. The average Bonchev–Trinajstić information content (AvgIpc) is 2.74. The molecule has 0 bridgehead atoms. The lowest BCUT2D eigenvalue weighted by Crippen LogP contribution is -1.94. The van der Waals surface area contributed by atoms with Crippen LogP contribution in [0.2, 0.25) is 0 Å². The molecule has 0 saturated carbocycles. The number of halogens is 5. The summed E-state index contributed by atoms with van der Waals surface area (Å²) in [6, 6.07) is 6.46. The van der Waals surface area contributed by atoms with Crippen LogP contribution in [-0.4, -0.2) is 10.2 Å². The van der Waals surface area contributed by atoms with Crippen molar-refractivity contribution in [2.45, 2.75) is 12.9 Å². The molecule has 1 aromatic carbocycles. The molecule has 0 unspecified atom stereocenters. The van der Waals surface area contributed by atoms with Gasteiger partial charge in [-0.3, -0.25) is 5.10 Å². The largest absolute Gasteiger partial charge is 0.280 e. The van der Waals surface area contributed by atoms with Gasteiger partial charge in [-0.15, -0.1) is 0 Å². The molecule has 2 nitrogen and oxygen atoms in total. The molecule has 0 atom stereocenters. The van der Waals surface area contributed by atoms with E-state index in [1.165, 1.54) is 6.07 Å².